The highest BCUT2D eigenvalue weighted by Gasteiger charge is 2.25. The Labute approximate surface area is 178 Å². The molecule has 0 heterocycles. The predicted octanol–water partition coefficient (Wildman–Crippen LogP) is 4.19. The standard InChI is InChI=1S/C21H21FN2O5S/c1-13(8-9-28-19(26)12-30)20(15-4-7-18(25)17(22)10-15)29-21(27)24-16-5-2-14(11-23)3-6-16/h2-7,10,13,20,25,30H,8-9,12H2,1H3,(H,24,27)/t13-,20-/m0/s1. The van der Waals surface area contributed by atoms with Crippen molar-refractivity contribution in [1.29, 1.82) is 5.26 Å². The van der Waals surface area contributed by atoms with E-state index in [1.807, 2.05) is 6.07 Å². The molecule has 2 atom stereocenters. The van der Waals surface area contributed by atoms with Gasteiger partial charge in [-0.05, 0) is 48.4 Å². The molecule has 0 spiro atoms. The maximum absolute atomic E-state index is 13.9. The van der Waals surface area contributed by atoms with Crippen LogP contribution in [0.1, 0.15) is 30.6 Å². The van der Waals surface area contributed by atoms with Crippen molar-refractivity contribution in [3.05, 3.63) is 59.4 Å². The van der Waals surface area contributed by atoms with Crippen molar-refractivity contribution in [1.82, 2.24) is 0 Å². The van der Waals surface area contributed by atoms with Crippen molar-refractivity contribution in [3.8, 4) is 11.8 Å². The average Bonchev–Trinajstić information content (AvgIpc) is 2.74. The van der Waals surface area contributed by atoms with Crippen LogP contribution in [0.4, 0.5) is 14.9 Å². The molecule has 2 aromatic carbocycles. The second-order valence-corrected chi connectivity index (χ2v) is 6.81. The molecule has 0 bridgehead atoms. The SMILES string of the molecule is C[C@@H](CCOC(=O)CS)[C@H](OC(=O)Nc1ccc(C#N)cc1)c1ccc(O)c(F)c1. The van der Waals surface area contributed by atoms with E-state index in [2.05, 4.69) is 17.9 Å². The lowest BCUT2D eigenvalue weighted by Gasteiger charge is -2.25. The number of aromatic hydroxyl groups is 1. The smallest absolute Gasteiger partial charge is 0.412 e. The third-order valence-electron chi connectivity index (χ3n) is 4.28. The van der Waals surface area contributed by atoms with E-state index in [1.165, 1.54) is 12.1 Å². The average molecular weight is 432 g/mol. The first-order chi connectivity index (χ1) is 14.3. The van der Waals surface area contributed by atoms with Gasteiger partial charge in [0.05, 0.1) is 24.0 Å². The minimum atomic E-state index is -0.867. The zero-order chi connectivity index (χ0) is 22.1. The number of carbonyl (C=O) groups is 2. The highest BCUT2D eigenvalue weighted by molar-refractivity contribution is 7.81. The third-order valence-corrected chi connectivity index (χ3v) is 4.54. The summed E-state index contributed by atoms with van der Waals surface area (Å²) >= 11 is 3.83. The summed E-state index contributed by atoms with van der Waals surface area (Å²) in [5.41, 5.74) is 1.20. The summed E-state index contributed by atoms with van der Waals surface area (Å²) in [6.45, 7) is 1.84. The van der Waals surface area contributed by atoms with Gasteiger partial charge in [-0.1, -0.05) is 13.0 Å². The first-order valence-corrected chi connectivity index (χ1v) is 9.70. The summed E-state index contributed by atoms with van der Waals surface area (Å²) in [4.78, 5) is 23.6. The Bertz CT molecular complexity index is 930. The molecule has 2 rings (SSSR count). The van der Waals surface area contributed by atoms with Crippen molar-refractivity contribution < 1.29 is 28.6 Å². The number of ether oxygens (including phenoxy) is 2. The number of benzene rings is 2. The van der Waals surface area contributed by atoms with Gasteiger partial charge in [-0.15, -0.1) is 0 Å². The molecule has 30 heavy (non-hydrogen) atoms. The lowest BCUT2D eigenvalue weighted by molar-refractivity contribution is -0.141. The molecule has 0 fully saturated rings. The molecule has 2 N–H and O–H groups in total. The first-order valence-electron chi connectivity index (χ1n) is 9.06. The molecule has 0 aliphatic heterocycles. The molecule has 158 valence electrons. The lowest BCUT2D eigenvalue weighted by atomic mass is 9.94. The van der Waals surface area contributed by atoms with Crippen LogP contribution < -0.4 is 5.32 Å². The molecule has 0 aliphatic rings. The van der Waals surface area contributed by atoms with Crippen molar-refractivity contribution in [2.24, 2.45) is 5.92 Å². The predicted molar refractivity (Wildman–Crippen MR) is 111 cm³/mol. The van der Waals surface area contributed by atoms with Gasteiger partial charge in [-0.25, -0.2) is 9.18 Å². The molecule has 0 saturated heterocycles. The number of amides is 1. The summed E-state index contributed by atoms with van der Waals surface area (Å²) in [5.74, 6) is -2.23. The lowest BCUT2D eigenvalue weighted by Crippen LogP contribution is -2.23. The third kappa shape index (κ3) is 6.67. The minimum Gasteiger partial charge on any atom is -0.505 e. The Morgan fingerprint density at radius 1 is 1.27 bits per heavy atom. The van der Waals surface area contributed by atoms with E-state index in [0.29, 0.717) is 23.2 Å². The second-order valence-electron chi connectivity index (χ2n) is 6.50. The Kier molecular flexibility index (Phi) is 8.50. The molecule has 0 aliphatic carbocycles. The fourth-order valence-corrected chi connectivity index (χ4v) is 2.75. The van der Waals surface area contributed by atoms with Crippen LogP contribution >= 0.6 is 12.6 Å². The van der Waals surface area contributed by atoms with Crippen LogP contribution in [0.15, 0.2) is 42.5 Å². The number of anilines is 1. The number of hydrogen-bond donors (Lipinski definition) is 3. The largest absolute Gasteiger partial charge is 0.505 e. The van der Waals surface area contributed by atoms with Crippen LogP contribution in [-0.4, -0.2) is 29.5 Å². The topological polar surface area (TPSA) is 109 Å². The van der Waals surface area contributed by atoms with Crippen LogP contribution in [0.3, 0.4) is 0 Å². The molecular weight excluding hydrogens is 411 g/mol. The van der Waals surface area contributed by atoms with E-state index >= 15 is 0 Å². The maximum atomic E-state index is 13.9. The number of carbonyl (C=O) groups excluding carboxylic acids is 2. The zero-order valence-electron chi connectivity index (χ0n) is 16.2. The summed E-state index contributed by atoms with van der Waals surface area (Å²) in [6.07, 6.45) is -1.30. The number of nitrogens with zero attached hydrogens (tertiary/aromatic N) is 1. The highest BCUT2D eigenvalue weighted by Crippen LogP contribution is 2.31. The van der Waals surface area contributed by atoms with Crippen LogP contribution in [0, 0.1) is 23.1 Å². The normalized spacial score (nSPS) is 12.3. The number of phenols is 1. The number of nitrogens with one attached hydrogen (secondary N) is 1. The quantitative estimate of drug-likeness (QED) is 0.426. The second kappa shape index (κ2) is 11.1. The molecule has 0 unspecified atom stereocenters. The molecule has 9 heteroatoms. The van der Waals surface area contributed by atoms with E-state index in [9.17, 15) is 19.1 Å². The molecule has 7 nitrogen and oxygen atoms in total. The van der Waals surface area contributed by atoms with E-state index in [1.54, 1.807) is 31.2 Å². The van der Waals surface area contributed by atoms with Gasteiger partial charge in [-0.3, -0.25) is 10.1 Å². The Morgan fingerprint density at radius 3 is 2.57 bits per heavy atom. The van der Waals surface area contributed by atoms with Crippen LogP contribution in [0.25, 0.3) is 0 Å². The van der Waals surface area contributed by atoms with Crippen molar-refractivity contribution in [2.45, 2.75) is 19.4 Å². The highest BCUT2D eigenvalue weighted by atomic mass is 32.1. The number of hydrogen-bond acceptors (Lipinski definition) is 7. The molecular formula is C21H21FN2O5S. The van der Waals surface area contributed by atoms with E-state index in [0.717, 1.165) is 6.07 Å². The molecule has 0 aromatic heterocycles. The Balaban J connectivity index is 2.12. The van der Waals surface area contributed by atoms with E-state index in [-0.39, 0.29) is 18.3 Å². The summed E-state index contributed by atoms with van der Waals surface area (Å²) in [5, 5.41) is 20.8. The van der Waals surface area contributed by atoms with Gasteiger partial charge in [0.1, 0.15) is 6.10 Å². The van der Waals surface area contributed by atoms with Crippen molar-refractivity contribution >= 4 is 30.4 Å². The van der Waals surface area contributed by atoms with Crippen LogP contribution in [-0.2, 0) is 14.3 Å². The molecule has 0 saturated carbocycles. The van der Waals surface area contributed by atoms with E-state index in [4.69, 9.17) is 14.7 Å². The maximum Gasteiger partial charge on any atom is 0.412 e. The van der Waals surface area contributed by atoms with Gasteiger partial charge >= 0.3 is 12.1 Å². The van der Waals surface area contributed by atoms with Crippen molar-refractivity contribution in [3.63, 3.8) is 0 Å². The van der Waals surface area contributed by atoms with Crippen LogP contribution in [0.5, 0.6) is 5.75 Å². The van der Waals surface area contributed by atoms with Gasteiger partial charge < -0.3 is 14.6 Å². The Hall–Kier alpha value is -3.25. The van der Waals surface area contributed by atoms with Crippen LogP contribution in [0.2, 0.25) is 0 Å². The Morgan fingerprint density at radius 2 is 1.97 bits per heavy atom. The van der Waals surface area contributed by atoms with E-state index < -0.39 is 29.7 Å². The number of nitriles is 1. The van der Waals surface area contributed by atoms with Gasteiger partial charge in [0, 0.05) is 11.6 Å². The van der Waals surface area contributed by atoms with Gasteiger partial charge in [0.25, 0.3) is 0 Å². The van der Waals surface area contributed by atoms with Gasteiger partial charge in [-0.2, -0.15) is 17.9 Å². The minimum absolute atomic E-state index is 0.0511. The fraction of sp³-hybridized carbons (Fsp3) is 0.286. The number of thiol groups is 1. The summed E-state index contributed by atoms with van der Waals surface area (Å²) in [6, 6.07) is 11.9. The number of esters is 1. The molecule has 1 amide bonds. The number of rotatable bonds is 8. The number of halogens is 1. The molecule has 2 aromatic rings. The molecule has 0 radical (unpaired) electrons. The van der Waals surface area contributed by atoms with Gasteiger partial charge in [0.15, 0.2) is 11.6 Å². The zero-order valence-corrected chi connectivity index (χ0v) is 17.1. The first kappa shape index (κ1) is 23.0. The number of phenolic OH excluding ortho intramolecular Hbond substituents is 1. The summed E-state index contributed by atoms with van der Waals surface area (Å²) in [7, 11) is 0. The monoisotopic (exact) mass is 432 g/mol. The fourth-order valence-electron chi connectivity index (χ4n) is 2.66. The summed E-state index contributed by atoms with van der Waals surface area (Å²) < 4.78 is 24.4. The van der Waals surface area contributed by atoms with Gasteiger partial charge in [0.2, 0.25) is 0 Å². The van der Waals surface area contributed by atoms with Crippen molar-refractivity contribution in [2.75, 3.05) is 17.7 Å².